The van der Waals surface area contributed by atoms with Gasteiger partial charge in [-0.15, -0.1) is 0 Å². The van der Waals surface area contributed by atoms with Crippen LogP contribution in [0.1, 0.15) is 11.1 Å². The highest BCUT2D eigenvalue weighted by atomic mass is 16.3. The molecule has 0 aliphatic carbocycles. The van der Waals surface area contributed by atoms with Crippen molar-refractivity contribution in [3.05, 3.63) is 151 Å². The molecule has 206 valence electrons. The molecule has 0 unspecified atom stereocenters. The third-order valence-corrected chi connectivity index (χ3v) is 8.72. The monoisotopic (exact) mass is 563 g/mol. The number of anilines is 2. The molecule has 4 heteroatoms. The zero-order valence-electron chi connectivity index (χ0n) is 23.7. The molecule has 8 aromatic rings. The van der Waals surface area contributed by atoms with Crippen molar-refractivity contribution in [2.45, 2.75) is 0 Å². The molecule has 1 aliphatic rings. The molecule has 7 aromatic carbocycles. The van der Waals surface area contributed by atoms with Gasteiger partial charge in [0.25, 0.3) is 0 Å². The highest BCUT2D eigenvalue weighted by Crippen LogP contribution is 2.48. The van der Waals surface area contributed by atoms with Crippen LogP contribution in [0.25, 0.3) is 54.6 Å². The minimum atomic E-state index is 0.375. The molecule has 2 heterocycles. The molecule has 1 aromatic heterocycles. The van der Waals surface area contributed by atoms with E-state index in [0.717, 1.165) is 50.1 Å². The molecule has 9 rings (SSSR count). The van der Waals surface area contributed by atoms with E-state index in [0.29, 0.717) is 5.71 Å². The number of hydrogen-bond donors (Lipinski definition) is 1. The number of fused-ring (bicyclic) bond motifs is 6. The van der Waals surface area contributed by atoms with Crippen molar-refractivity contribution in [3.8, 4) is 11.1 Å². The second kappa shape index (κ2) is 9.51. The van der Waals surface area contributed by atoms with E-state index in [-0.39, 0.29) is 0 Å². The number of nitrogens with one attached hydrogen (secondary N) is 1. The molecule has 44 heavy (non-hydrogen) atoms. The number of hydrogen-bond acceptors (Lipinski definition) is 3. The fraction of sp³-hybridized carbons (Fsp3) is 0. The third-order valence-electron chi connectivity index (χ3n) is 8.72. The quantitative estimate of drug-likeness (QED) is 0.171. The number of rotatable bonds is 4. The fourth-order valence-corrected chi connectivity index (χ4v) is 6.65. The zero-order valence-corrected chi connectivity index (χ0v) is 23.7. The zero-order chi connectivity index (χ0) is 29.2. The van der Waals surface area contributed by atoms with Crippen LogP contribution in [-0.4, -0.2) is 12.1 Å². The fourth-order valence-electron chi connectivity index (χ4n) is 6.65. The topological polar surface area (TPSA) is 52.6 Å². The average Bonchev–Trinajstić information content (AvgIpc) is 3.46. The summed E-state index contributed by atoms with van der Waals surface area (Å²) in [4.78, 5) is 7.26. The first kappa shape index (κ1) is 24.6. The van der Waals surface area contributed by atoms with Crippen LogP contribution in [0.3, 0.4) is 0 Å². The van der Waals surface area contributed by atoms with Gasteiger partial charge in [0.1, 0.15) is 17.5 Å². The van der Waals surface area contributed by atoms with Gasteiger partial charge in [-0.2, -0.15) is 0 Å². The van der Waals surface area contributed by atoms with Gasteiger partial charge in [-0.25, -0.2) is 4.99 Å². The second-order valence-corrected chi connectivity index (χ2v) is 11.2. The first-order valence-electron chi connectivity index (χ1n) is 14.7. The standard InChI is InChI=1S/C40H25N3O/c41-39(32-18-9-17-30-28-14-4-6-21-37(28)44-40(30)32)31-15-3-5-19-34(31)42-24-43-35-20-8-13-25-12-7-16-29(38(25)35)33-22-26-10-1-2-11-27(26)23-36(33)43/h1-24,41H. The van der Waals surface area contributed by atoms with E-state index in [1.165, 1.54) is 32.7 Å². The van der Waals surface area contributed by atoms with E-state index in [9.17, 15) is 5.41 Å². The summed E-state index contributed by atoms with van der Waals surface area (Å²) in [6, 6.07) is 47.8. The molecule has 0 amide bonds. The van der Waals surface area contributed by atoms with Crippen molar-refractivity contribution in [2.75, 3.05) is 4.90 Å². The van der Waals surface area contributed by atoms with Gasteiger partial charge in [0.2, 0.25) is 0 Å². The first-order valence-corrected chi connectivity index (χ1v) is 14.7. The van der Waals surface area contributed by atoms with Crippen LogP contribution in [0, 0.1) is 5.41 Å². The van der Waals surface area contributed by atoms with Gasteiger partial charge in [0.05, 0.1) is 22.8 Å². The first-order chi connectivity index (χ1) is 21.7. The van der Waals surface area contributed by atoms with Gasteiger partial charge in [-0.05, 0) is 58.1 Å². The van der Waals surface area contributed by atoms with Crippen molar-refractivity contribution in [1.82, 2.24) is 0 Å². The predicted molar refractivity (Wildman–Crippen MR) is 183 cm³/mol. The molecule has 0 radical (unpaired) electrons. The number of para-hydroxylation sites is 3. The maximum atomic E-state index is 9.34. The highest BCUT2D eigenvalue weighted by Gasteiger charge is 2.24. The van der Waals surface area contributed by atoms with E-state index >= 15 is 0 Å². The Morgan fingerprint density at radius 2 is 1.27 bits per heavy atom. The molecule has 1 N–H and O–H groups in total. The SMILES string of the molecule is N=C(c1ccccc1N=CN1c2cc3ccccc3cc2-c2cccc3cccc1c23)c1cccc2c1oc1ccccc12. The number of aliphatic imine (C=N–C) groups is 1. The number of furan rings is 1. The summed E-state index contributed by atoms with van der Waals surface area (Å²) in [7, 11) is 0. The summed E-state index contributed by atoms with van der Waals surface area (Å²) in [5, 5.41) is 16.2. The minimum absolute atomic E-state index is 0.375. The largest absolute Gasteiger partial charge is 0.455 e. The van der Waals surface area contributed by atoms with E-state index < -0.39 is 0 Å². The maximum Gasteiger partial charge on any atom is 0.144 e. The third kappa shape index (κ3) is 3.64. The number of benzene rings is 7. The van der Waals surface area contributed by atoms with Crippen LogP contribution in [0.15, 0.2) is 149 Å². The van der Waals surface area contributed by atoms with Crippen molar-refractivity contribution in [3.63, 3.8) is 0 Å². The van der Waals surface area contributed by atoms with E-state index in [2.05, 4.69) is 89.8 Å². The molecular weight excluding hydrogens is 538 g/mol. The molecule has 0 spiro atoms. The maximum absolute atomic E-state index is 9.34. The minimum Gasteiger partial charge on any atom is -0.455 e. The highest BCUT2D eigenvalue weighted by molar-refractivity contribution is 6.22. The van der Waals surface area contributed by atoms with Crippen LogP contribution in [0.5, 0.6) is 0 Å². The molecule has 1 aliphatic heterocycles. The Bertz CT molecular complexity index is 2480. The molecule has 0 bridgehead atoms. The molecule has 4 nitrogen and oxygen atoms in total. The number of nitrogens with zero attached hydrogens (tertiary/aromatic N) is 2. The van der Waals surface area contributed by atoms with Crippen LogP contribution in [0.4, 0.5) is 17.1 Å². The van der Waals surface area contributed by atoms with Gasteiger partial charge in [-0.3, -0.25) is 10.3 Å². The van der Waals surface area contributed by atoms with Gasteiger partial charge >= 0.3 is 0 Å². The molecule has 0 fully saturated rings. The lowest BCUT2D eigenvalue weighted by atomic mass is 9.90. The average molecular weight is 564 g/mol. The van der Waals surface area contributed by atoms with E-state index in [1.807, 2.05) is 60.9 Å². The summed E-state index contributed by atoms with van der Waals surface area (Å²) < 4.78 is 6.27. The van der Waals surface area contributed by atoms with Gasteiger partial charge < -0.3 is 4.42 Å². The Morgan fingerprint density at radius 3 is 2.18 bits per heavy atom. The lowest BCUT2D eigenvalue weighted by Crippen LogP contribution is -2.18. The van der Waals surface area contributed by atoms with Crippen molar-refractivity contribution >= 4 is 72.6 Å². The Labute approximate surface area is 253 Å². The molecular formula is C40H25N3O. The summed E-state index contributed by atoms with van der Waals surface area (Å²) >= 11 is 0. The van der Waals surface area contributed by atoms with Gasteiger partial charge in [-0.1, -0.05) is 103 Å². The summed E-state index contributed by atoms with van der Waals surface area (Å²) in [6.07, 6.45) is 1.91. The van der Waals surface area contributed by atoms with Gasteiger partial charge in [0.15, 0.2) is 0 Å². The van der Waals surface area contributed by atoms with Crippen molar-refractivity contribution in [2.24, 2.45) is 4.99 Å². The summed E-state index contributed by atoms with van der Waals surface area (Å²) in [5.74, 6) is 0. The normalized spacial score (nSPS) is 12.5. The Kier molecular flexibility index (Phi) is 5.32. The van der Waals surface area contributed by atoms with Crippen molar-refractivity contribution < 1.29 is 4.42 Å². The van der Waals surface area contributed by atoms with E-state index in [1.54, 1.807) is 0 Å². The summed E-state index contributed by atoms with van der Waals surface area (Å²) in [6.45, 7) is 0. The van der Waals surface area contributed by atoms with Crippen LogP contribution in [0.2, 0.25) is 0 Å². The Morgan fingerprint density at radius 1 is 0.591 bits per heavy atom. The van der Waals surface area contributed by atoms with E-state index in [4.69, 9.17) is 9.41 Å². The van der Waals surface area contributed by atoms with Crippen molar-refractivity contribution in [1.29, 1.82) is 5.41 Å². The lowest BCUT2D eigenvalue weighted by Gasteiger charge is -2.30. The Hall–Kier alpha value is -6.00. The smallest absolute Gasteiger partial charge is 0.144 e. The molecule has 0 atom stereocenters. The van der Waals surface area contributed by atoms with Gasteiger partial charge in [0, 0.05) is 32.8 Å². The Balaban J connectivity index is 1.20. The van der Waals surface area contributed by atoms with Crippen LogP contribution in [-0.2, 0) is 0 Å². The predicted octanol–water partition coefficient (Wildman–Crippen LogP) is 10.8. The molecule has 0 saturated heterocycles. The molecule has 0 saturated carbocycles. The summed E-state index contributed by atoms with van der Waals surface area (Å²) in [5.41, 5.74) is 8.70. The lowest BCUT2D eigenvalue weighted by molar-refractivity contribution is 0.668. The van der Waals surface area contributed by atoms with Crippen LogP contribution >= 0.6 is 0 Å². The second-order valence-electron chi connectivity index (χ2n) is 11.2. The van der Waals surface area contributed by atoms with Crippen LogP contribution < -0.4 is 4.90 Å².